The molecule has 0 aliphatic heterocycles. The highest BCUT2D eigenvalue weighted by Crippen LogP contribution is 2.20. The van der Waals surface area contributed by atoms with E-state index in [0.717, 1.165) is 15.4 Å². The molecule has 222 valence electrons. The normalized spacial score (nSPS) is 12.2. The molecule has 0 saturated carbocycles. The van der Waals surface area contributed by atoms with E-state index in [4.69, 9.17) is 16.3 Å². The van der Waals surface area contributed by atoms with Crippen molar-refractivity contribution in [3.8, 4) is 5.75 Å². The molecule has 0 saturated heterocycles. The van der Waals surface area contributed by atoms with E-state index < -0.39 is 22.5 Å². The number of rotatable bonds is 13. The molecule has 2 N–H and O–H groups in total. The van der Waals surface area contributed by atoms with Gasteiger partial charge in [0.25, 0.3) is 11.8 Å². The average molecular weight is 619 g/mol. The summed E-state index contributed by atoms with van der Waals surface area (Å²) in [5, 5.41) is 7.26. The number of hydrogen-bond acceptors (Lipinski definition) is 6. The molecule has 0 spiro atoms. The maximum absolute atomic E-state index is 13.4. The largest absolute Gasteiger partial charge is 0.484 e. The van der Waals surface area contributed by atoms with Crippen LogP contribution in [-0.2, 0) is 26.2 Å². The minimum atomic E-state index is -4.01. The number of carbonyl (C=O) groups is 2. The highest BCUT2D eigenvalue weighted by Gasteiger charge is 2.27. The Hall–Kier alpha value is -4.51. The van der Waals surface area contributed by atoms with Crippen molar-refractivity contribution in [2.75, 3.05) is 13.2 Å². The number of benzene rings is 4. The predicted octanol–water partition coefficient (Wildman–Crippen LogP) is 4.94. The summed E-state index contributed by atoms with van der Waals surface area (Å²) in [5.74, 6) is -0.364. The van der Waals surface area contributed by atoms with Crippen molar-refractivity contribution in [3.63, 3.8) is 0 Å². The lowest BCUT2D eigenvalue weighted by molar-refractivity contribution is -0.124. The van der Waals surface area contributed by atoms with E-state index in [9.17, 15) is 18.0 Å². The Morgan fingerprint density at radius 2 is 1.51 bits per heavy atom. The second-order valence-corrected chi connectivity index (χ2v) is 11.9. The molecule has 0 aliphatic rings. The van der Waals surface area contributed by atoms with E-state index in [2.05, 4.69) is 15.8 Å². The number of carbonyl (C=O) groups excluding carboxylic acids is 2. The first-order valence-corrected chi connectivity index (χ1v) is 15.2. The molecule has 0 aliphatic carbocycles. The molecule has 1 atom stereocenters. The molecule has 4 rings (SSSR count). The van der Waals surface area contributed by atoms with Crippen LogP contribution in [0.5, 0.6) is 5.75 Å². The summed E-state index contributed by atoms with van der Waals surface area (Å²) in [5.41, 5.74) is 4.77. The van der Waals surface area contributed by atoms with Crippen molar-refractivity contribution < 1.29 is 22.7 Å². The Balaban J connectivity index is 1.30. The number of sulfonamides is 1. The topological polar surface area (TPSA) is 117 Å². The molecule has 4 aromatic rings. The Bertz CT molecular complexity index is 1630. The van der Waals surface area contributed by atoms with Crippen molar-refractivity contribution >= 4 is 39.7 Å². The first kappa shape index (κ1) is 31.4. The van der Waals surface area contributed by atoms with Gasteiger partial charge in [0.05, 0.1) is 23.7 Å². The third kappa shape index (κ3) is 9.50. The van der Waals surface area contributed by atoms with Crippen LogP contribution in [0.3, 0.4) is 0 Å². The molecule has 0 unspecified atom stereocenters. The summed E-state index contributed by atoms with van der Waals surface area (Å²) < 4.78 is 33.4. The molecule has 0 aromatic heterocycles. The van der Waals surface area contributed by atoms with Crippen molar-refractivity contribution in [1.82, 2.24) is 15.0 Å². The first-order valence-electron chi connectivity index (χ1n) is 13.4. The van der Waals surface area contributed by atoms with Gasteiger partial charge in [0, 0.05) is 11.6 Å². The molecule has 0 fully saturated rings. The maximum Gasteiger partial charge on any atom is 0.258 e. The van der Waals surface area contributed by atoms with Gasteiger partial charge < -0.3 is 10.1 Å². The van der Waals surface area contributed by atoms with Crippen LogP contribution in [0.25, 0.3) is 0 Å². The van der Waals surface area contributed by atoms with Crippen LogP contribution >= 0.6 is 11.6 Å². The number of halogens is 1. The van der Waals surface area contributed by atoms with Gasteiger partial charge in [-0.2, -0.15) is 9.41 Å². The standard InChI is InChI=1S/C32H31ClN4O5S/c1-24(27-10-6-3-7-11-27)35-32(39)23-42-29-16-12-25(13-17-29)20-34-36-31(38)22-37(21-26-8-4-2-5-9-26)43(40,41)30-18-14-28(33)15-19-30/h2-20,24H,21-23H2,1H3,(H,35,39)(H,36,38)/b34-20-/t24-/m1/s1. The van der Waals surface area contributed by atoms with E-state index in [1.54, 1.807) is 48.5 Å². The summed E-state index contributed by atoms with van der Waals surface area (Å²) in [7, 11) is -4.01. The predicted molar refractivity (Wildman–Crippen MR) is 166 cm³/mol. The third-order valence-corrected chi connectivity index (χ3v) is 8.36. The number of nitrogens with one attached hydrogen (secondary N) is 2. The Morgan fingerprint density at radius 3 is 2.16 bits per heavy atom. The molecule has 4 aromatic carbocycles. The van der Waals surface area contributed by atoms with Crippen LogP contribution in [-0.4, -0.2) is 43.9 Å². The lowest BCUT2D eigenvalue weighted by Crippen LogP contribution is -2.39. The smallest absolute Gasteiger partial charge is 0.258 e. The van der Waals surface area contributed by atoms with Crippen molar-refractivity contribution in [2.24, 2.45) is 5.10 Å². The van der Waals surface area contributed by atoms with Crippen LogP contribution in [0.1, 0.15) is 29.7 Å². The van der Waals surface area contributed by atoms with Gasteiger partial charge in [-0.1, -0.05) is 72.3 Å². The van der Waals surface area contributed by atoms with E-state index in [0.29, 0.717) is 16.3 Å². The van der Waals surface area contributed by atoms with Crippen LogP contribution in [0.15, 0.2) is 119 Å². The number of hydrazone groups is 1. The number of amides is 2. The average Bonchev–Trinajstić information content (AvgIpc) is 3.01. The second-order valence-electron chi connectivity index (χ2n) is 9.56. The van der Waals surface area contributed by atoms with Crippen molar-refractivity contribution in [3.05, 3.63) is 131 Å². The molecular weight excluding hydrogens is 588 g/mol. The van der Waals surface area contributed by atoms with Crippen molar-refractivity contribution in [2.45, 2.75) is 24.4 Å². The minimum Gasteiger partial charge on any atom is -0.484 e. The molecule has 0 radical (unpaired) electrons. The fraction of sp³-hybridized carbons (Fsp3) is 0.156. The van der Waals surface area contributed by atoms with Gasteiger partial charge in [0.15, 0.2) is 6.61 Å². The van der Waals surface area contributed by atoms with Crippen LogP contribution in [0.4, 0.5) is 0 Å². The van der Waals surface area contributed by atoms with Gasteiger partial charge in [-0.15, -0.1) is 0 Å². The summed E-state index contributed by atoms with van der Waals surface area (Å²) in [6, 6.07) is 31.0. The van der Waals surface area contributed by atoms with Gasteiger partial charge in [0.2, 0.25) is 10.0 Å². The fourth-order valence-corrected chi connectivity index (χ4v) is 5.56. The zero-order valence-corrected chi connectivity index (χ0v) is 25.0. The van der Waals surface area contributed by atoms with E-state index >= 15 is 0 Å². The molecule has 0 heterocycles. The molecule has 2 amide bonds. The SMILES string of the molecule is C[C@@H](NC(=O)COc1ccc(/C=N\NC(=O)CN(Cc2ccccc2)S(=O)(=O)c2ccc(Cl)cc2)cc1)c1ccccc1. The molecule has 0 bridgehead atoms. The first-order chi connectivity index (χ1) is 20.7. The summed E-state index contributed by atoms with van der Waals surface area (Å²) >= 11 is 5.92. The number of hydrogen-bond donors (Lipinski definition) is 2. The number of ether oxygens (including phenoxy) is 1. The number of nitrogens with zero attached hydrogens (tertiary/aromatic N) is 2. The fourth-order valence-electron chi connectivity index (χ4n) is 4.05. The Kier molecular flexibility index (Phi) is 11.0. The zero-order chi connectivity index (χ0) is 30.7. The van der Waals surface area contributed by atoms with Gasteiger partial charge in [-0.3, -0.25) is 9.59 Å². The Labute approximate surface area is 256 Å². The third-order valence-electron chi connectivity index (χ3n) is 6.30. The molecule has 43 heavy (non-hydrogen) atoms. The van der Waals surface area contributed by atoms with Crippen LogP contribution < -0.4 is 15.5 Å². The lowest BCUT2D eigenvalue weighted by atomic mass is 10.1. The van der Waals surface area contributed by atoms with Gasteiger partial charge in [0.1, 0.15) is 5.75 Å². The van der Waals surface area contributed by atoms with Gasteiger partial charge >= 0.3 is 0 Å². The summed E-state index contributed by atoms with van der Waals surface area (Å²) in [6.07, 6.45) is 1.42. The highest BCUT2D eigenvalue weighted by molar-refractivity contribution is 7.89. The summed E-state index contributed by atoms with van der Waals surface area (Å²) in [4.78, 5) is 25.0. The van der Waals surface area contributed by atoms with E-state index in [-0.39, 0.29) is 30.0 Å². The second kappa shape index (κ2) is 15.1. The molecule has 11 heteroatoms. The Morgan fingerprint density at radius 1 is 0.884 bits per heavy atom. The minimum absolute atomic E-state index is 0.00636. The van der Waals surface area contributed by atoms with Crippen LogP contribution in [0, 0.1) is 0 Å². The van der Waals surface area contributed by atoms with E-state index in [1.807, 2.05) is 43.3 Å². The molecule has 9 nitrogen and oxygen atoms in total. The zero-order valence-electron chi connectivity index (χ0n) is 23.4. The van der Waals surface area contributed by atoms with Crippen LogP contribution in [0.2, 0.25) is 5.02 Å². The summed E-state index contributed by atoms with van der Waals surface area (Å²) in [6.45, 7) is 1.31. The quantitative estimate of drug-likeness (QED) is 0.163. The lowest BCUT2D eigenvalue weighted by Gasteiger charge is -2.21. The van der Waals surface area contributed by atoms with Crippen molar-refractivity contribution in [1.29, 1.82) is 0 Å². The monoisotopic (exact) mass is 618 g/mol. The molecular formula is C32H31ClN4O5S. The van der Waals surface area contributed by atoms with Gasteiger partial charge in [-0.05, 0) is 72.1 Å². The van der Waals surface area contributed by atoms with Gasteiger partial charge in [-0.25, -0.2) is 13.8 Å². The highest BCUT2D eigenvalue weighted by atomic mass is 35.5. The maximum atomic E-state index is 13.4. The van der Waals surface area contributed by atoms with E-state index in [1.165, 1.54) is 30.5 Å².